The first kappa shape index (κ1) is 17.7. The summed E-state index contributed by atoms with van der Waals surface area (Å²) >= 11 is 1.93. The molecule has 0 aromatic heterocycles. The number of hydrogen-bond donors (Lipinski definition) is 1. The van der Waals surface area contributed by atoms with E-state index in [1.807, 2.05) is 22.6 Å². The average Bonchev–Trinajstić information content (AvgIpc) is 2.47. The Labute approximate surface area is 144 Å². The standard InChI is InChI=1S/C16H12F4INO/c17-13-9-11(21)6-7-14(13)22-15(23)8-5-10-3-1-2-4-12(10)16(18,19)20/h1-4,6-7,9H,5,8H2,(H,22,23). The fourth-order valence-corrected chi connectivity index (χ4v) is 2.52. The first-order valence-corrected chi connectivity index (χ1v) is 7.75. The van der Waals surface area contributed by atoms with Gasteiger partial charge in [-0.25, -0.2) is 4.39 Å². The van der Waals surface area contributed by atoms with Crippen LogP contribution in [0.5, 0.6) is 0 Å². The molecule has 0 heterocycles. The largest absolute Gasteiger partial charge is 0.416 e. The lowest BCUT2D eigenvalue weighted by atomic mass is 10.0. The fourth-order valence-electron chi connectivity index (χ4n) is 2.07. The monoisotopic (exact) mass is 437 g/mol. The van der Waals surface area contributed by atoms with Crippen LogP contribution >= 0.6 is 22.6 Å². The number of aryl methyl sites for hydroxylation is 1. The van der Waals surface area contributed by atoms with Gasteiger partial charge in [-0.05, 0) is 58.8 Å². The van der Waals surface area contributed by atoms with Gasteiger partial charge in [-0.2, -0.15) is 13.2 Å². The van der Waals surface area contributed by atoms with Crippen LogP contribution in [0.4, 0.5) is 23.2 Å². The van der Waals surface area contributed by atoms with Crippen molar-refractivity contribution in [2.24, 2.45) is 0 Å². The molecule has 0 aliphatic rings. The molecular formula is C16H12F4INO. The summed E-state index contributed by atoms with van der Waals surface area (Å²) in [6.07, 6.45) is -4.71. The van der Waals surface area contributed by atoms with E-state index >= 15 is 0 Å². The van der Waals surface area contributed by atoms with E-state index in [4.69, 9.17) is 0 Å². The highest BCUT2D eigenvalue weighted by Gasteiger charge is 2.32. The minimum absolute atomic E-state index is 0.0134. The Morgan fingerprint density at radius 1 is 1.13 bits per heavy atom. The lowest BCUT2D eigenvalue weighted by molar-refractivity contribution is -0.138. The van der Waals surface area contributed by atoms with E-state index in [0.717, 1.165) is 6.07 Å². The Kier molecular flexibility index (Phi) is 5.61. The number of carbonyl (C=O) groups excluding carboxylic acids is 1. The van der Waals surface area contributed by atoms with E-state index in [1.165, 1.54) is 30.3 Å². The molecule has 0 unspecified atom stereocenters. The zero-order chi connectivity index (χ0) is 17.0. The maximum Gasteiger partial charge on any atom is 0.416 e. The highest BCUT2D eigenvalue weighted by molar-refractivity contribution is 14.1. The molecule has 0 saturated carbocycles. The summed E-state index contributed by atoms with van der Waals surface area (Å²) < 4.78 is 52.9. The summed E-state index contributed by atoms with van der Waals surface area (Å²) in [5.41, 5.74) is -0.703. The molecule has 2 aromatic carbocycles. The molecule has 0 fully saturated rings. The highest BCUT2D eigenvalue weighted by atomic mass is 127. The van der Waals surface area contributed by atoms with E-state index in [1.54, 1.807) is 6.07 Å². The minimum Gasteiger partial charge on any atom is -0.324 e. The number of nitrogens with one attached hydrogen (secondary N) is 1. The topological polar surface area (TPSA) is 29.1 Å². The third kappa shape index (κ3) is 4.92. The second kappa shape index (κ2) is 7.29. The van der Waals surface area contributed by atoms with E-state index in [9.17, 15) is 22.4 Å². The van der Waals surface area contributed by atoms with Gasteiger partial charge >= 0.3 is 6.18 Å². The van der Waals surface area contributed by atoms with Crippen LogP contribution in [-0.4, -0.2) is 5.91 Å². The third-order valence-corrected chi connectivity index (χ3v) is 3.82. The van der Waals surface area contributed by atoms with Gasteiger partial charge in [0.1, 0.15) is 5.82 Å². The van der Waals surface area contributed by atoms with Crippen LogP contribution in [-0.2, 0) is 17.4 Å². The number of hydrogen-bond acceptors (Lipinski definition) is 1. The molecule has 0 radical (unpaired) electrons. The Morgan fingerprint density at radius 3 is 2.48 bits per heavy atom. The van der Waals surface area contributed by atoms with Crippen molar-refractivity contribution in [2.75, 3.05) is 5.32 Å². The van der Waals surface area contributed by atoms with Gasteiger partial charge in [0.2, 0.25) is 5.91 Å². The van der Waals surface area contributed by atoms with Gasteiger partial charge in [0, 0.05) is 9.99 Å². The Hall–Kier alpha value is -1.64. The second-order valence-electron chi connectivity index (χ2n) is 4.83. The maximum atomic E-state index is 13.6. The summed E-state index contributed by atoms with van der Waals surface area (Å²) in [4.78, 5) is 11.8. The zero-order valence-electron chi connectivity index (χ0n) is 11.8. The molecule has 0 bridgehead atoms. The molecule has 122 valence electrons. The first-order chi connectivity index (χ1) is 10.8. The quantitative estimate of drug-likeness (QED) is 0.529. The predicted octanol–water partition coefficient (Wildman–Crippen LogP) is 5.02. The van der Waals surface area contributed by atoms with Gasteiger partial charge in [0.05, 0.1) is 11.3 Å². The second-order valence-corrected chi connectivity index (χ2v) is 6.07. The molecule has 1 amide bonds. The minimum atomic E-state index is -4.46. The Morgan fingerprint density at radius 2 is 1.83 bits per heavy atom. The van der Waals surface area contributed by atoms with E-state index in [2.05, 4.69) is 5.32 Å². The molecule has 0 saturated heterocycles. The zero-order valence-corrected chi connectivity index (χ0v) is 13.9. The van der Waals surface area contributed by atoms with Crippen molar-refractivity contribution in [3.63, 3.8) is 0 Å². The third-order valence-electron chi connectivity index (χ3n) is 3.15. The van der Waals surface area contributed by atoms with Gasteiger partial charge < -0.3 is 5.32 Å². The van der Waals surface area contributed by atoms with E-state index < -0.39 is 23.5 Å². The normalized spacial score (nSPS) is 11.3. The molecule has 0 atom stereocenters. The molecular weight excluding hydrogens is 425 g/mol. The molecule has 7 heteroatoms. The lowest BCUT2D eigenvalue weighted by Gasteiger charge is -2.12. The first-order valence-electron chi connectivity index (χ1n) is 6.67. The fraction of sp³-hybridized carbons (Fsp3) is 0.188. The Bertz CT molecular complexity index is 715. The van der Waals surface area contributed by atoms with Gasteiger partial charge in [0.25, 0.3) is 0 Å². The molecule has 0 aliphatic carbocycles. The molecule has 2 nitrogen and oxygen atoms in total. The molecule has 2 aromatic rings. The van der Waals surface area contributed by atoms with Crippen molar-refractivity contribution >= 4 is 34.2 Å². The molecule has 0 aliphatic heterocycles. The molecule has 0 spiro atoms. The molecule has 1 N–H and O–H groups in total. The summed E-state index contributed by atoms with van der Waals surface area (Å²) in [6.45, 7) is 0. The number of halogens is 5. The molecule has 2 rings (SSSR count). The van der Waals surface area contributed by atoms with Crippen molar-refractivity contribution < 1.29 is 22.4 Å². The summed E-state index contributed by atoms with van der Waals surface area (Å²) in [5, 5.41) is 2.37. The van der Waals surface area contributed by atoms with Crippen LogP contribution in [0.3, 0.4) is 0 Å². The summed E-state index contributed by atoms with van der Waals surface area (Å²) in [5.74, 6) is -1.12. The van der Waals surface area contributed by atoms with Crippen molar-refractivity contribution in [1.82, 2.24) is 0 Å². The number of anilines is 1. The van der Waals surface area contributed by atoms with Crippen LogP contribution in [0.15, 0.2) is 42.5 Å². The maximum absolute atomic E-state index is 13.6. The smallest absolute Gasteiger partial charge is 0.324 e. The van der Waals surface area contributed by atoms with Gasteiger partial charge in [0.15, 0.2) is 0 Å². The number of benzene rings is 2. The summed E-state index contributed by atoms with van der Waals surface area (Å²) in [6, 6.07) is 9.40. The van der Waals surface area contributed by atoms with Gasteiger partial charge in [-0.1, -0.05) is 18.2 Å². The van der Waals surface area contributed by atoms with E-state index in [-0.39, 0.29) is 24.1 Å². The molecule has 23 heavy (non-hydrogen) atoms. The average molecular weight is 437 g/mol. The number of amides is 1. The number of alkyl halides is 3. The Balaban J connectivity index is 2.03. The highest BCUT2D eigenvalue weighted by Crippen LogP contribution is 2.32. The van der Waals surface area contributed by atoms with Gasteiger partial charge in [-0.15, -0.1) is 0 Å². The van der Waals surface area contributed by atoms with Crippen LogP contribution in [0.25, 0.3) is 0 Å². The van der Waals surface area contributed by atoms with Crippen molar-refractivity contribution in [1.29, 1.82) is 0 Å². The van der Waals surface area contributed by atoms with Crippen LogP contribution in [0, 0.1) is 9.39 Å². The predicted molar refractivity (Wildman–Crippen MR) is 87.5 cm³/mol. The number of carbonyl (C=O) groups is 1. The van der Waals surface area contributed by atoms with Crippen molar-refractivity contribution in [2.45, 2.75) is 19.0 Å². The number of rotatable bonds is 4. The van der Waals surface area contributed by atoms with E-state index in [0.29, 0.717) is 3.57 Å². The van der Waals surface area contributed by atoms with Crippen molar-refractivity contribution in [3.8, 4) is 0 Å². The van der Waals surface area contributed by atoms with Crippen LogP contribution in [0.2, 0.25) is 0 Å². The van der Waals surface area contributed by atoms with Crippen molar-refractivity contribution in [3.05, 3.63) is 63.0 Å². The van der Waals surface area contributed by atoms with Crippen LogP contribution in [0.1, 0.15) is 17.5 Å². The van der Waals surface area contributed by atoms with Crippen LogP contribution < -0.4 is 5.32 Å². The van der Waals surface area contributed by atoms with Gasteiger partial charge in [-0.3, -0.25) is 4.79 Å². The SMILES string of the molecule is O=C(CCc1ccccc1C(F)(F)F)Nc1ccc(I)cc1F. The lowest BCUT2D eigenvalue weighted by Crippen LogP contribution is -2.15. The summed E-state index contributed by atoms with van der Waals surface area (Å²) in [7, 11) is 0.